The van der Waals surface area contributed by atoms with Gasteiger partial charge in [0.05, 0.1) is 12.2 Å². The molecule has 146 valence electrons. The van der Waals surface area contributed by atoms with Crippen molar-refractivity contribution in [1.82, 2.24) is 20.5 Å². The summed E-state index contributed by atoms with van der Waals surface area (Å²) >= 11 is 1.74. The number of guanidine groups is 1. The summed E-state index contributed by atoms with van der Waals surface area (Å²) in [5.41, 5.74) is 1.12. The zero-order valence-electron chi connectivity index (χ0n) is 16.7. The molecular weight excluding hydrogens is 445 g/mol. The average Bonchev–Trinajstić information content (AvgIpc) is 2.88. The van der Waals surface area contributed by atoms with Crippen molar-refractivity contribution < 1.29 is 0 Å². The molecule has 0 amide bonds. The van der Waals surface area contributed by atoms with Crippen molar-refractivity contribution in [2.75, 3.05) is 26.2 Å². The second kappa shape index (κ2) is 13.7. The molecule has 0 fully saturated rings. The lowest BCUT2D eigenvalue weighted by Crippen LogP contribution is -2.42. The molecule has 1 heterocycles. The molecule has 0 aliphatic rings. The summed E-state index contributed by atoms with van der Waals surface area (Å²) in [6, 6.07) is 0.415. The van der Waals surface area contributed by atoms with Gasteiger partial charge in [-0.05, 0) is 60.2 Å². The number of nitrogens with zero attached hydrogens (tertiary/aromatic N) is 3. The highest BCUT2D eigenvalue weighted by Crippen LogP contribution is 2.16. The van der Waals surface area contributed by atoms with Gasteiger partial charge in [-0.15, -0.1) is 35.3 Å². The number of nitrogens with one attached hydrogen (secondary N) is 2. The Kier molecular flexibility index (Phi) is 13.5. The van der Waals surface area contributed by atoms with Crippen molar-refractivity contribution in [2.45, 2.75) is 67.0 Å². The number of thiazole rings is 1. The van der Waals surface area contributed by atoms with Crippen molar-refractivity contribution in [2.24, 2.45) is 4.99 Å². The first-order chi connectivity index (χ1) is 11.5. The van der Waals surface area contributed by atoms with Gasteiger partial charge in [0.1, 0.15) is 5.01 Å². The fourth-order valence-electron chi connectivity index (χ4n) is 2.54. The fourth-order valence-corrected chi connectivity index (χ4v) is 3.40. The Balaban J connectivity index is 0.00000576. The maximum absolute atomic E-state index is 4.69. The third-order valence-corrected chi connectivity index (χ3v) is 5.24. The first-order valence-corrected chi connectivity index (χ1v) is 10.0. The van der Waals surface area contributed by atoms with E-state index in [4.69, 9.17) is 0 Å². The van der Waals surface area contributed by atoms with E-state index < -0.39 is 0 Å². The zero-order chi connectivity index (χ0) is 17.9. The Labute approximate surface area is 175 Å². The van der Waals surface area contributed by atoms with Crippen LogP contribution in [-0.4, -0.2) is 48.1 Å². The lowest BCUT2D eigenvalue weighted by Gasteiger charge is -2.21. The summed E-state index contributed by atoms with van der Waals surface area (Å²) in [6.07, 6.45) is 2.36. The molecule has 0 aliphatic heterocycles. The van der Waals surface area contributed by atoms with E-state index in [0.29, 0.717) is 12.6 Å². The Morgan fingerprint density at radius 1 is 1.24 bits per heavy atom. The number of aryl methyl sites for hydroxylation is 2. The molecule has 1 unspecified atom stereocenters. The predicted octanol–water partition coefficient (Wildman–Crippen LogP) is 3.94. The number of rotatable bonds is 10. The van der Waals surface area contributed by atoms with Crippen molar-refractivity contribution in [3.8, 4) is 0 Å². The Morgan fingerprint density at radius 2 is 1.92 bits per heavy atom. The molecule has 5 nitrogen and oxygen atoms in total. The monoisotopic (exact) mass is 481 g/mol. The van der Waals surface area contributed by atoms with E-state index in [9.17, 15) is 0 Å². The third-order valence-electron chi connectivity index (χ3n) is 4.18. The van der Waals surface area contributed by atoms with Gasteiger partial charge in [0, 0.05) is 17.5 Å². The van der Waals surface area contributed by atoms with Crippen LogP contribution >= 0.6 is 35.3 Å². The van der Waals surface area contributed by atoms with Crippen LogP contribution in [0.2, 0.25) is 0 Å². The maximum Gasteiger partial charge on any atom is 0.191 e. The minimum absolute atomic E-state index is 0. The topological polar surface area (TPSA) is 52.6 Å². The molecule has 1 atom stereocenters. The molecule has 1 rings (SSSR count). The molecule has 0 bridgehead atoms. The molecule has 0 spiro atoms. The van der Waals surface area contributed by atoms with Crippen LogP contribution in [0.25, 0.3) is 0 Å². The van der Waals surface area contributed by atoms with Crippen LogP contribution in [0.5, 0.6) is 0 Å². The lowest BCUT2D eigenvalue weighted by molar-refractivity contribution is 0.292. The van der Waals surface area contributed by atoms with Gasteiger partial charge in [-0.25, -0.2) is 9.98 Å². The Bertz CT molecular complexity index is 480. The van der Waals surface area contributed by atoms with Crippen molar-refractivity contribution in [1.29, 1.82) is 0 Å². The second-order valence-electron chi connectivity index (χ2n) is 6.16. The second-order valence-corrected chi connectivity index (χ2v) is 7.45. The highest BCUT2D eigenvalue weighted by Gasteiger charge is 2.08. The molecule has 7 heteroatoms. The van der Waals surface area contributed by atoms with Gasteiger partial charge in [0.15, 0.2) is 5.96 Å². The molecular formula is C18H36IN5S. The van der Waals surface area contributed by atoms with Crippen LogP contribution in [0.1, 0.15) is 56.1 Å². The van der Waals surface area contributed by atoms with Gasteiger partial charge in [-0.3, -0.25) is 0 Å². The number of aliphatic imine (C=N–C) groups is 1. The van der Waals surface area contributed by atoms with E-state index in [2.05, 4.69) is 67.1 Å². The van der Waals surface area contributed by atoms with E-state index in [0.717, 1.165) is 42.7 Å². The van der Waals surface area contributed by atoms with Crippen LogP contribution in [0.15, 0.2) is 4.99 Å². The standard InChI is InChI=1S/C18H35N5S.HI/c1-7-19-18(20-13-17-22-15(5)16(6)24-17)21-14(4)11-10-12-23(8-2)9-3;/h14H,7-13H2,1-6H3,(H2,19,20,21);1H. The van der Waals surface area contributed by atoms with E-state index >= 15 is 0 Å². The summed E-state index contributed by atoms with van der Waals surface area (Å²) in [6.45, 7) is 17.9. The third kappa shape index (κ3) is 9.75. The summed E-state index contributed by atoms with van der Waals surface area (Å²) in [5.74, 6) is 0.887. The first-order valence-electron chi connectivity index (χ1n) is 9.20. The number of aromatic nitrogens is 1. The van der Waals surface area contributed by atoms with Gasteiger partial charge in [-0.1, -0.05) is 13.8 Å². The minimum atomic E-state index is 0. The van der Waals surface area contributed by atoms with E-state index in [1.807, 2.05) is 0 Å². The molecule has 2 N–H and O–H groups in total. The Morgan fingerprint density at radius 3 is 2.44 bits per heavy atom. The molecule has 0 saturated carbocycles. The van der Waals surface area contributed by atoms with E-state index in [1.54, 1.807) is 11.3 Å². The molecule has 0 aliphatic carbocycles. The highest BCUT2D eigenvalue weighted by atomic mass is 127. The number of hydrogen-bond acceptors (Lipinski definition) is 4. The van der Waals surface area contributed by atoms with Crippen LogP contribution < -0.4 is 10.6 Å². The predicted molar refractivity (Wildman–Crippen MR) is 121 cm³/mol. The number of hydrogen-bond donors (Lipinski definition) is 2. The normalized spacial score (nSPS) is 12.8. The van der Waals surface area contributed by atoms with Crippen molar-refractivity contribution in [3.63, 3.8) is 0 Å². The van der Waals surface area contributed by atoms with Gasteiger partial charge in [0.2, 0.25) is 0 Å². The van der Waals surface area contributed by atoms with E-state index in [-0.39, 0.29) is 24.0 Å². The van der Waals surface area contributed by atoms with Crippen molar-refractivity contribution >= 4 is 41.3 Å². The zero-order valence-corrected chi connectivity index (χ0v) is 19.8. The van der Waals surface area contributed by atoms with Gasteiger partial charge in [0.25, 0.3) is 0 Å². The minimum Gasteiger partial charge on any atom is -0.357 e. The first kappa shape index (κ1) is 24.6. The van der Waals surface area contributed by atoms with Crippen LogP contribution in [-0.2, 0) is 6.54 Å². The summed E-state index contributed by atoms with van der Waals surface area (Å²) in [5, 5.41) is 7.93. The highest BCUT2D eigenvalue weighted by molar-refractivity contribution is 14.0. The molecule has 0 saturated heterocycles. The van der Waals surface area contributed by atoms with Gasteiger partial charge in [-0.2, -0.15) is 0 Å². The Hall–Kier alpha value is -0.410. The smallest absolute Gasteiger partial charge is 0.191 e. The molecule has 0 radical (unpaired) electrons. The summed E-state index contributed by atoms with van der Waals surface area (Å²) in [7, 11) is 0. The van der Waals surface area contributed by atoms with Gasteiger partial charge >= 0.3 is 0 Å². The summed E-state index contributed by atoms with van der Waals surface area (Å²) < 4.78 is 0. The molecule has 1 aromatic rings. The molecule has 25 heavy (non-hydrogen) atoms. The lowest BCUT2D eigenvalue weighted by atomic mass is 10.2. The molecule has 1 aromatic heterocycles. The van der Waals surface area contributed by atoms with E-state index in [1.165, 1.54) is 17.8 Å². The fraction of sp³-hybridized carbons (Fsp3) is 0.778. The van der Waals surface area contributed by atoms with Crippen LogP contribution in [0, 0.1) is 13.8 Å². The maximum atomic E-state index is 4.69. The summed E-state index contributed by atoms with van der Waals surface area (Å²) in [4.78, 5) is 13.0. The quantitative estimate of drug-likeness (QED) is 0.302. The largest absolute Gasteiger partial charge is 0.357 e. The van der Waals surface area contributed by atoms with Gasteiger partial charge < -0.3 is 15.5 Å². The molecule has 0 aromatic carbocycles. The van der Waals surface area contributed by atoms with Crippen LogP contribution in [0.3, 0.4) is 0 Å². The number of halogens is 1. The average molecular weight is 481 g/mol. The van der Waals surface area contributed by atoms with Crippen LogP contribution in [0.4, 0.5) is 0 Å². The van der Waals surface area contributed by atoms with Crippen molar-refractivity contribution in [3.05, 3.63) is 15.6 Å². The SMILES string of the molecule is CCNC(=NCc1nc(C)c(C)s1)NC(C)CCCN(CC)CC.I.